The van der Waals surface area contributed by atoms with Crippen LogP contribution in [0, 0.1) is 5.92 Å². The van der Waals surface area contributed by atoms with Gasteiger partial charge in [-0.1, -0.05) is 19.8 Å². The van der Waals surface area contributed by atoms with Gasteiger partial charge < -0.3 is 5.11 Å². The van der Waals surface area contributed by atoms with E-state index in [-0.39, 0.29) is 17.4 Å². The average molecular weight is 317 g/mol. The normalized spacial score (nSPS) is 13.2. The fraction of sp³-hybridized carbons (Fsp3) is 0.692. The zero-order chi connectivity index (χ0) is 15.9. The van der Waals surface area contributed by atoms with Crippen LogP contribution < -0.4 is 4.72 Å². The van der Waals surface area contributed by atoms with Gasteiger partial charge in [0.1, 0.15) is 0 Å². The summed E-state index contributed by atoms with van der Waals surface area (Å²) in [6.45, 7) is 2.34. The molecular formula is C13H23N3O4S. The van der Waals surface area contributed by atoms with E-state index in [2.05, 4.69) is 9.82 Å². The monoisotopic (exact) mass is 317 g/mol. The summed E-state index contributed by atoms with van der Waals surface area (Å²) in [4.78, 5) is 10.6. The number of carbonyl (C=O) groups is 1. The number of aromatic nitrogens is 2. The molecule has 0 radical (unpaired) electrons. The van der Waals surface area contributed by atoms with Crippen molar-refractivity contribution in [3.05, 3.63) is 12.3 Å². The molecule has 0 aliphatic carbocycles. The molecule has 0 saturated carbocycles. The van der Waals surface area contributed by atoms with Crippen molar-refractivity contribution >= 4 is 16.0 Å². The number of nitrogens with zero attached hydrogens (tertiary/aromatic N) is 2. The third kappa shape index (κ3) is 5.84. The van der Waals surface area contributed by atoms with Crippen molar-refractivity contribution in [3.63, 3.8) is 0 Å². The van der Waals surface area contributed by atoms with Gasteiger partial charge in [-0.2, -0.15) is 5.10 Å². The molecule has 0 aliphatic rings. The molecule has 21 heavy (non-hydrogen) atoms. The maximum atomic E-state index is 12.1. The number of carboxylic acids is 1. The molecule has 1 aromatic rings. The molecule has 2 N–H and O–H groups in total. The Morgan fingerprint density at radius 1 is 1.43 bits per heavy atom. The smallest absolute Gasteiger partial charge is 0.303 e. The van der Waals surface area contributed by atoms with Crippen LogP contribution in [0.25, 0.3) is 0 Å². The molecule has 0 amide bonds. The molecule has 1 rings (SSSR count). The average Bonchev–Trinajstić information content (AvgIpc) is 2.83. The van der Waals surface area contributed by atoms with Gasteiger partial charge in [0.15, 0.2) is 5.03 Å². The molecule has 1 heterocycles. The summed E-state index contributed by atoms with van der Waals surface area (Å²) in [5.41, 5.74) is 0. The van der Waals surface area contributed by atoms with E-state index in [1.807, 2.05) is 6.92 Å². The first-order chi connectivity index (χ1) is 9.86. The Labute approximate surface area is 125 Å². The van der Waals surface area contributed by atoms with Gasteiger partial charge in [-0.3, -0.25) is 9.48 Å². The van der Waals surface area contributed by atoms with Gasteiger partial charge in [0.2, 0.25) is 0 Å². The lowest BCUT2D eigenvalue weighted by Gasteiger charge is -2.15. The van der Waals surface area contributed by atoms with Crippen LogP contribution in [-0.4, -0.2) is 35.8 Å². The van der Waals surface area contributed by atoms with E-state index >= 15 is 0 Å². The lowest BCUT2D eigenvalue weighted by molar-refractivity contribution is -0.137. The third-order valence-corrected chi connectivity index (χ3v) is 4.89. The van der Waals surface area contributed by atoms with Crippen molar-refractivity contribution in [2.45, 2.75) is 44.1 Å². The quantitative estimate of drug-likeness (QED) is 0.678. The number of sulfonamides is 1. The summed E-state index contributed by atoms with van der Waals surface area (Å²) >= 11 is 0. The van der Waals surface area contributed by atoms with Crippen molar-refractivity contribution < 1.29 is 18.3 Å². The van der Waals surface area contributed by atoms with Crippen LogP contribution in [0.15, 0.2) is 17.3 Å². The molecular weight excluding hydrogens is 294 g/mol. The fourth-order valence-electron chi connectivity index (χ4n) is 2.27. The molecule has 0 aromatic carbocycles. The summed E-state index contributed by atoms with van der Waals surface area (Å²) < 4.78 is 28.0. The van der Waals surface area contributed by atoms with Crippen molar-refractivity contribution in [1.82, 2.24) is 14.5 Å². The first-order valence-electron chi connectivity index (χ1n) is 7.06. The molecule has 0 fully saturated rings. The molecule has 0 saturated heterocycles. The Morgan fingerprint density at radius 3 is 2.67 bits per heavy atom. The van der Waals surface area contributed by atoms with Crippen LogP contribution in [0.3, 0.4) is 0 Å². The lowest BCUT2D eigenvalue weighted by Crippen LogP contribution is -2.28. The number of nitrogens with one attached hydrogen (secondary N) is 1. The standard InChI is InChI=1S/C13H23N3O4S/c1-3-4-11(5-6-13(17)18)7-10-15-21(19,20)12-8-9-14-16(12)2/h8-9,11,15H,3-7,10H2,1-2H3,(H,17,18). The number of aliphatic carboxylic acids is 1. The molecule has 8 heteroatoms. The second-order valence-corrected chi connectivity index (χ2v) is 6.78. The Morgan fingerprint density at radius 2 is 2.14 bits per heavy atom. The zero-order valence-corrected chi connectivity index (χ0v) is 13.3. The van der Waals surface area contributed by atoms with Crippen molar-refractivity contribution in [1.29, 1.82) is 0 Å². The topological polar surface area (TPSA) is 101 Å². The van der Waals surface area contributed by atoms with E-state index in [1.54, 1.807) is 7.05 Å². The maximum Gasteiger partial charge on any atom is 0.303 e. The number of rotatable bonds is 10. The Balaban J connectivity index is 2.49. The first kappa shape index (κ1) is 17.6. The lowest BCUT2D eigenvalue weighted by atomic mass is 9.95. The Kier molecular flexibility index (Phi) is 6.83. The summed E-state index contributed by atoms with van der Waals surface area (Å²) in [7, 11) is -1.98. The molecule has 1 aromatic heterocycles. The highest BCUT2D eigenvalue weighted by atomic mass is 32.2. The van der Waals surface area contributed by atoms with Crippen LogP contribution in [0.5, 0.6) is 0 Å². The van der Waals surface area contributed by atoms with Gasteiger partial charge in [0.05, 0.1) is 6.20 Å². The van der Waals surface area contributed by atoms with Crippen LogP contribution in [0.4, 0.5) is 0 Å². The minimum absolute atomic E-state index is 0.124. The Hall–Kier alpha value is -1.41. The summed E-state index contributed by atoms with van der Waals surface area (Å²) in [5.74, 6) is -0.591. The molecule has 0 bridgehead atoms. The van der Waals surface area contributed by atoms with E-state index in [4.69, 9.17) is 5.11 Å². The minimum Gasteiger partial charge on any atom is -0.481 e. The SMILES string of the molecule is CCCC(CCNS(=O)(=O)c1ccnn1C)CCC(=O)O. The number of hydrogen-bond acceptors (Lipinski definition) is 4. The van der Waals surface area contributed by atoms with Crippen LogP contribution in [0.2, 0.25) is 0 Å². The van der Waals surface area contributed by atoms with Gasteiger partial charge in [-0.05, 0) is 24.8 Å². The summed E-state index contributed by atoms with van der Waals surface area (Å²) in [6, 6.07) is 1.44. The largest absolute Gasteiger partial charge is 0.481 e. The molecule has 120 valence electrons. The Bertz CT molecular complexity index is 554. The minimum atomic E-state index is -3.56. The van der Waals surface area contributed by atoms with Gasteiger partial charge in [0, 0.05) is 20.0 Å². The van der Waals surface area contributed by atoms with Gasteiger partial charge >= 0.3 is 5.97 Å². The van der Waals surface area contributed by atoms with Crippen LogP contribution in [-0.2, 0) is 21.9 Å². The van der Waals surface area contributed by atoms with Crippen molar-refractivity contribution in [2.24, 2.45) is 13.0 Å². The van der Waals surface area contributed by atoms with E-state index in [0.717, 1.165) is 12.8 Å². The molecule has 1 atom stereocenters. The van der Waals surface area contributed by atoms with E-state index < -0.39 is 16.0 Å². The van der Waals surface area contributed by atoms with Crippen LogP contribution >= 0.6 is 0 Å². The zero-order valence-electron chi connectivity index (χ0n) is 12.4. The van der Waals surface area contributed by atoms with E-state index in [9.17, 15) is 13.2 Å². The third-order valence-electron chi connectivity index (χ3n) is 3.36. The molecule has 7 nitrogen and oxygen atoms in total. The highest BCUT2D eigenvalue weighted by Gasteiger charge is 2.18. The highest BCUT2D eigenvalue weighted by molar-refractivity contribution is 7.89. The molecule has 1 unspecified atom stereocenters. The van der Waals surface area contributed by atoms with Crippen LogP contribution in [0.1, 0.15) is 39.0 Å². The van der Waals surface area contributed by atoms with Gasteiger partial charge in [0.25, 0.3) is 10.0 Å². The molecule has 0 aliphatic heterocycles. The predicted molar refractivity (Wildman–Crippen MR) is 78.3 cm³/mol. The number of carboxylic acid groups (broad SMARTS) is 1. The summed E-state index contributed by atoms with van der Waals surface area (Å²) in [6.07, 6.45) is 4.63. The highest BCUT2D eigenvalue weighted by Crippen LogP contribution is 2.17. The van der Waals surface area contributed by atoms with Crippen molar-refractivity contribution in [2.75, 3.05) is 6.54 Å². The van der Waals surface area contributed by atoms with E-state index in [1.165, 1.54) is 16.9 Å². The fourth-order valence-corrected chi connectivity index (χ4v) is 3.44. The van der Waals surface area contributed by atoms with E-state index in [0.29, 0.717) is 19.4 Å². The van der Waals surface area contributed by atoms with Crippen molar-refractivity contribution in [3.8, 4) is 0 Å². The maximum absolute atomic E-state index is 12.1. The number of hydrogen-bond donors (Lipinski definition) is 2. The van der Waals surface area contributed by atoms with Gasteiger partial charge in [-0.15, -0.1) is 0 Å². The first-order valence-corrected chi connectivity index (χ1v) is 8.54. The van der Waals surface area contributed by atoms with Gasteiger partial charge in [-0.25, -0.2) is 13.1 Å². The second kappa shape index (κ2) is 8.14. The number of aryl methyl sites for hydroxylation is 1. The predicted octanol–water partition coefficient (Wildman–Crippen LogP) is 1.37. The molecule has 0 spiro atoms. The summed E-state index contributed by atoms with van der Waals surface area (Å²) in [5, 5.41) is 12.7. The second-order valence-electron chi connectivity index (χ2n) is 5.07.